The molecule has 0 amide bonds. The second-order valence-corrected chi connectivity index (χ2v) is 3.98. The lowest BCUT2D eigenvalue weighted by molar-refractivity contribution is -0.137. The first-order valence-electron chi connectivity index (χ1n) is 5.28. The molecule has 2 nitrogen and oxygen atoms in total. The highest BCUT2D eigenvalue weighted by Gasteiger charge is 2.31. The SMILES string of the molecule is Cc1ccccc1-c1cc(C(F)(F)F)cc(N)n1. The maximum Gasteiger partial charge on any atom is 0.416 e. The van der Waals surface area contributed by atoms with Crippen molar-refractivity contribution in [2.45, 2.75) is 13.1 Å². The monoisotopic (exact) mass is 252 g/mol. The maximum absolute atomic E-state index is 12.7. The van der Waals surface area contributed by atoms with E-state index in [1.807, 2.05) is 19.1 Å². The summed E-state index contributed by atoms with van der Waals surface area (Å²) in [6.07, 6.45) is -4.42. The van der Waals surface area contributed by atoms with Gasteiger partial charge in [-0.2, -0.15) is 13.2 Å². The van der Waals surface area contributed by atoms with Gasteiger partial charge in [-0.05, 0) is 24.6 Å². The molecule has 0 fully saturated rings. The fraction of sp³-hybridized carbons (Fsp3) is 0.154. The average molecular weight is 252 g/mol. The van der Waals surface area contributed by atoms with Crippen LogP contribution in [0.25, 0.3) is 11.3 Å². The van der Waals surface area contributed by atoms with Crippen LogP contribution >= 0.6 is 0 Å². The van der Waals surface area contributed by atoms with E-state index in [0.29, 0.717) is 5.56 Å². The van der Waals surface area contributed by atoms with Crippen LogP contribution in [0.15, 0.2) is 36.4 Å². The Morgan fingerprint density at radius 2 is 1.78 bits per heavy atom. The minimum absolute atomic E-state index is 0.136. The lowest BCUT2D eigenvalue weighted by Crippen LogP contribution is -2.07. The molecule has 0 radical (unpaired) electrons. The zero-order valence-corrected chi connectivity index (χ0v) is 9.62. The number of hydrogen-bond acceptors (Lipinski definition) is 2. The Morgan fingerprint density at radius 3 is 2.39 bits per heavy atom. The lowest BCUT2D eigenvalue weighted by Gasteiger charge is -2.11. The van der Waals surface area contributed by atoms with Gasteiger partial charge in [-0.15, -0.1) is 0 Å². The Morgan fingerprint density at radius 1 is 1.11 bits per heavy atom. The molecule has 0 atom stereocenters. The van der Waals surface area contributed by atoms with Gasteiger partial charge in [-0.1, -0.05) is 24.3 Å². The summed E-state index contributed by atoms with van der Waals surface area (Å²) in [7, 11) is 0. The number of aromatic nitrogens is 1. The Hall–Kier alpha value is -2.04. The summed E-state index contributed by atoms with van der Waals surface area (Å²) in [4.78, 5) is 3.96. The van der Waals surface area contributed by atoms with Gasteiger partial charge >= 0.3 is 6.18 Å². The molecule has 0 saturated heterocycles. The normalized spacial score (nSPS) is 11.6. The molecule has 0 unspecified atom stereocenters. The van der Waals surface area contributed by atoms with E-state index in [2.05, 4.69) is 4.98 Å². The Kier molecular flexibility index (Phi) is 2.98. The highest BCUT2D eigenvalue weighted by Crippen LogP contribution is 2.33. The van der Waals surface area contributed by atoms with Crippen molar-refractivity contribution in [1.82, 2.24) is 4.98 Å². The smallest absolute Gasteiger partial charge is 0.384 e. The van der Waals surface area contributed by atoms with Gasteiger partial charge in [0.1, 0.15) is 5.82 Å². The predicted octanol–water partition coefficient (Wildman–Crippen LogP) is 3.66. The number of nitrogens with zero attached hydrogens (tertiary/aromatic N) is 1. The predicted molar refractivity (Wildman–Crippen MR) is 63.8 cm³/mol. The van der Waals surface area contributed by atoms with E-state index in [-0.39, 0.29) is 11.5 Å². The van der Waals surface area contributed by atoms with Gasteiger partial charge in [-0.25, -0.2) is 4.98 Å². The number of hydrogen-bond donors (Lipinski definition) is 1. The summed E-state index contributed by atoms with van der Waals surface area (Å²) in [5.41, 5.74) is 6.38. The fourth-order valence-corrected chi connectivity index (χ4v) is 1.71. The highest BCUT2D eigenvalue weighted by atomic mass is 19.4. The second-order valence-electron chi connectivity index (χ2n) is 3.98. The molecule has 2 aromatic rings. The standard InChI is InChI=1S/C13H11F3N2/c1-8-4-2-3-5-10(8)11-6-9(13(14,15)16)7-12(17)18-11/h2-7H,1H3,(H2,17,18). The largest absolute Gasteiger partial charge is 0.416 e. The first-order valence-corrected chi connectivity index (χ1v) is 5.28. The maximum atomic E-state index is 12.7. The molecule has 0 bridgehead atoms. The van der Waals surface area contributed by atoms with Crippen LogP contribution in [0.2, 0.25) is 0 Å². The topological polar surface area (TPSA) is 38.9 Å². The number of benzene rings is 1. The van der Waals surface area contributed by atoms with Crippen molar-refractivity contribution < 1.29 is 13.2 Å². The molecule has 0 aliphatic heterocycles. The van der Waals surface area contributed by atoms with Crippen LogP contribution in [0.5, 0.6) is 0 Å². The van der Waals surface area contributed by atoms with Crippen molar-refractivity contribution >= 4 is 5.82 Å². The van der Waals surface area contributed by atoms with E-state index in [1.165, 1.54) is 0 Å². The molecule has 0 spiro atoms. The number of rotatable bonds is 1. The van der Waals surface area contributed by atoms with Crippen LogP contribution in [-0.4, -0.2) is 4.98 Å². The van der Waals surface area contributed by atoms with E-state index in [1.54, 1.807) is 12.1 Å². The minimum atomic E-state index is -4.42. The summed E-state index contributed by atoms with van der Waals surface area (Å²) >= 11 is 0. The fourth-order valence-electron chi connectivity index (χ4n) is 1.71. The lowest BCUT2D eigenvalue weighted by atomic mass is 10.0. The second kappa shape index (κ2) is 4.33. The van der Waals surface area contributed by atoms with Crippen LogP contribution in [0.4, 0.5) is 19.0 Å². The van der Waals surface area contributed by atoms with E-state index in [9.17, 15) is 13.2 Å². The third kappa shape index (κ3) is 2.45. The van der Waals surface area contributed by atoms with E-state index in [4.69, 9.17) is 5.73 Å². The van der Waals surface area contributed by atoms with Gasteiger partial charge in [0.2, 0.25) is 0 Å². The number of nitrogen functional groups attached to an aromatic ring is 1. The van der Waals surface area contributed by atoms with Crippen LogP contribution in [0, 0.1) is 6.92 Å². The Balaban J connectivity index is 2.60. The van der Waals surface area contributed by atoms with Crippen molar-refractivity contribution in [3.8, 4) is 11.3 Å². The van der Waals surface area contributed by atoms with Gasteiger partial charge in [-0.3, -0.25) is 0 Å². The third-order valence-electron chi connectivity index (χ3n) is 2.59. The molecule has 0 saturated carbocycles. The molecule has 2 rings (SSSR count). The van der Waals surface area contributed by atoms with Crippen LogP contribution < -0.4 is 5.73 Å². The van der Waals surface area contributed by atoms with Gasteiger partial charge in [0.15, 0.2) is 0 Å². The number of anilines is 1. The number of aryl methyl sites for hydroxylation is 1. The summed E-state index contributed by atoms with van der Waals surface area (Å²) in [5.74, 6) is -0.136. The first-order chi connectivity index (χ1) is 8.38. The van der Waals surface area contributed by atoms with Crippen LogP contribution in [0.1, 0.15) is 11.1 Å². The molecule has 1 heterocycles. The summed E-state index contributed by atoms with van der Waals surface area (Å²) < 4.78 is 38.0. The number of nitrogens with two attached hydrogens (primary N) is 1. The molecule has 18 heavy (non-hydrogen) atoms. The molecule has 2 N–H and O–H groups in total. The van der Waals surface area contributed by atoms with Crippen molar-refractivity contribution in [2.75, 3.05) is 5.73 Å². The summed E-state index contributed by atoms with van der Waals surface area (Å²) in [5, 5.41) is 0. The molecular weight excluding hydrogens is 241 g/mol. The highest BCUT2D eigenvalue weighted by molar-refractivity contribution is 5.65. The quantitative estimate of drug-likeness (QED) is 0.841. The summed E-state index contributed by atoms with van der Waals surface area (Å²) in [6.45, 7) is 1.81. The summed E-state index contributed by atoms with van der Waals surface area (Å²) in [6, 6.07) is 8.95. The zero-order valence-electron chi connectivity index (χ0n) is 9.62. The van der Waals surface area contributed by atoms with Crippen molar-refractivity contribution in [3.05, 3.63) is 47.5 Å². The van der Waals surface area contributed by atoms with E-state index < -0.39 is 11.7 Å². The molecule has 94 valence electrons. The molecule has 0 aliphatic rings. The Bertz CT molecular complexity index is 577. The van der Waals surface area contributed by atoms with Crippen LogP contribution in [-0.2, 0) is 6.18 Å². The van der Waals surface area contributed by atoms with Crippen molar-refractivity contribution in [1.29, 1.82) is 0 Å². The molecule has 0 aliphatic carbocycles. The van der Waals surface area contributed by atoms with Gasteiger partial charge in [0, 0.05) is 5.56 Å². The van der Waals surface area contributed by atoms with Crippen molar-refractivity contribution in [3.63, 3.8) is 0 Å². The molecule has 5 heteroatoms. The number of pyridine rings is 1. The molecule has 1 aromatic heterocycles. The van der Waals surface area contributed by atoms with Crippen molar-refractivity contribution in [2.24, 2.45) is 0 Å². The van der Waals surface area contributed by atoms with E-state index >= 15 is 0 Å². The number of halogens is 3. The third-order valence-corrected chi connectivity index (χ3v) is 2.59. The Labute approximate surface area is 102 Å². The molecular formula is C13H11F3N2. The number of alkyl halides is 3. The zero-order chi connectivity index (χ0) is 13.3. The minimum Gasteiger partial charge on any atom is -0.384 e. The van der Waals surface area contributed by atoms with E-state index in [0.717, 1.165) is 17.7 Å². The van der Waals surface area contributed by atoms with Gasteiger partial charge < -0.3 is 5.73 Å². The van der Waals surface area contributed by atoms with Gasteiger partial charge in [0.05, 0.1) is 11.3 Å². The first kappa shape index (κ1) is 12.4. The molecule has 1 aromatic carbocycles. The van der Waals surface area contributed by atoms with Gasteiger partial charge in [0.25, 0.3) is 0 Å². The van der Waals surface area contributed by atoms with Crippen LogP contribution in [0.3, 0.4) is 0 Å². The average Bonchev–Trinajstić information content (AvgIpc) is 2.27.